The van der Waals surface area contributed by atoms with Gasteiger partial charge in [-0.05, 0) is 25.3 Å². The van der Waals surface area contributed by atoms with Crippen LogP contribution in [0.2, 0.25) is 0 Å². The van der Waals surface area contributed by atoms with E-state index in [2.05, 4.69) is 24.6 Å². The number of rotatable bonds is 5. The van der Waals surface area contributed by atoms with Crippen molar-refractivity contribution in [2.75, 3.05) is 24.4 Å². The van der Waals surface area contributed by atoms with Gasteiger partial charge in [-0.15, -0.1) is 0 Å². The predicted molar refractivity (Wildman–Crippen MR) is 69.2 cm³/mol. The van der Waals surface area contributed by atoms with Crippen molar-refractivity contribution in [3.63, 3.8) is 0 Å². The Balaban J connectivity index is 2.88. The third-order valence-electron chi connectivity index (χ3n) is 2.17. The Kier molecular flexibility index (Phi) is 5.00. The van der Waals surface area contributed by atoms with E-state index in [4.69, 9.17) is 10.00 Å². The zero-order valence-corrected chi connectivity index (χ0v) is 10.6. The van der Waals surface area contributed by atoms with Crippen molar-refractivity contribution in [1.29, 1.82) is 5.26 Å². The van der Waals surface area contributed by atoms with Crippen molar-refractivity contribution in [2.24, 2.45) is 0 Å². The largest absolute Gasteiger partial charge is 0.497 e. The van der Waals surface area contributed by atoms with Crippen LogP contribution in [0.1, 0.15) is 12.5 Å². The fourth-order valence-corrected chi connectivity index (χ4v) is 2.01. The molecule has 0 amide bonds. The smallest absolute Gasteiger partial charge is 0.121 e. The summed E-state index contributed by atoms with van der Waals surface area (Å²) in [5.74, 6) is 1.76. The van der Waals surface area contributed by atoms with Crippen LogP contribution in [0.15, 0.2) is 18.2 Å². The summed E-state index contributed by atoms with van der Waals surface area (Å²) in [7, 11) is 1.62. The third-order valence-corrected chi connectivity index (χ3v) is 3.00. The van der Waals surface area contributed by atoms with Gasteiger partial charge in [0.2, 0.25) is 0 Å². The van der Waals surface area contributed by atoms with Crippen molar-refractivity contribution in [3.05, 3.63) is 23.8 Å². The molecule has 0 spiro atoms. The number of thioether (sulfide) groups is 1. The summed E-state index contributed by atoms with van der Waals surface area (Å²) in [6.07, 6.45) is 2.06. The van der Waals surface area contributed by atoms with E-state index in [1.165, 1.54) is 0 Å². The van der Waals surface area contributed by atoms with Crippen LogP contribution in [0.25, 0.3) is 0 Å². The molecule has 0 bridgehead atoms. The summed E-state index contributed by atoms with van der Waals surface area (Å²) in [5.41, 5.74) is 1.48. The second kappa shape index (κ2) is 6.29. The fraction of sp³-hybridized carbons (Fsp3) is 0.417. The van der Waals surface area contributed by atoms with E-state index in [9.17, 15) is 0 Å². The minimum absolute atomic E-state index is 0.328. The second-order valence-electron chi connectivity index (χ2n) is 3.52. The molecule has 86 valence electrons. The first-order valence-corrected chi connectivity index (χ1v) is 6.44. The Morgan fingerprint density at radius 2 is 2.31 bits per heavy atom. The Labute approximate surface area is 101 Å². The van der Waals surface area contributed by atoms with Crippen molar-refractivity contribution < 1.29 is 4.74 Å². The Morgan fingerprint density at radius 3 is 2.88 bits per heavy atom. The molecule has 0 saturated carbocycles. The Bertz CT molecular complexity index is 387. The molecule has 0 aromatic heterocycles. The van der Waals surface area contributed by atoms with Crippen LogP contribution in [0.4, 0.5) is 5.69 Å². The average molecular weight is 236 g/mol. The number of nitriles is 1. The van der Waals surface area contributed by atoms with Crippen LogP contribution >= 0.6 is 11.8 Å². The molecule has 1 aromatic rings. The minimum Gasteiger partial charge on any atom is -0.497 e. The highest BCUT2D eigenvalue weighted by molar-refractivity contribution is 7.98. The van der Waals surface area contributed by atoms with E-state index in [0.29, 0.717) is 11.6 Å². The molecule has 0 fully saturated rings. The van der Waals surface area contributed by atoms with Gasteiger partial charge in [0.1, 0.15) is 11.8 Å². The van der Waals surface area contributed by atoms with E-state index in [1.807, 2.05) is 6.07 Å². The molecule has 1 unspecified atom stereocenters. The van der Waals surface area contributed by atoms with Crippen molar-refractivity contribution in [3.8, 4) is 11.8 Å². The molecule has 3 nitrogen and oxygen atoms in total. The van der Waals surface area contributed by atoms with Crippen molar-refractivity contribution in [2.45, 2.75) is 13.0 Å². The molecule has 0 aliphatic carbocycles. The molecule has 4 heteroatoms. The van der Waals surface area contributed by atoms with Gasteiger partial charge in [0.25, 0.3) is 0 Å². The lowest BCUT2D eigenvalue weighted by Gasteiger charge is -2.15. The quantitative estimate of drug-likeness (QED) is 0.853. The summed E-state index contributed by atoms with van der Waals surface area (Å²) in [5, 5.41) is 12.3. The lowest BCUT2D eigenvalue weighted by molar-refractivity contribution is 0.415. The summed E-state index contributed by atoms with van der Waals surface area (Å²) < 4.78 is 5.14. The van der Waals surface area contributed by atoms with E-state index in [1.54, 1.807) is 31.0 Å². The second-order valence-corrected chi connectivity index (χ2v) is 4.43. The number of hydrogen-bond donors (Lipinski definition) is 1. The number of benzene rings is 1. The predicted octanol–water partition coefficient (Wildman–Crippen LogP) is 2.73. The first-order valence-electron chi connectivity index (χ1n) is 5.05. The van der Waals surface area contributed by atoms with Gasteiger partial charge in [0.05, 0.1) is 18.4 Å². The molecule has 16 heavy (non-hydrogen) atoms. The molecule has 1 rings (SSSR count). The molecule has 0 saturated heterocycles. The number of methoxy groups -OCH3 is 1. The third kappa shape index (κ3) is 3.35. The van der Waals surface area contributed by atoms with Gasteiger partial charge >= 0.3 is 0 Å². The summed E-state index contributed by atoms with van der Waals surface area (Å²) in [6, 6.07) is 7.92. The Hall–Kier alpha value is -1.34. The van der Waals surface area contributed by atoms with E-state index >= 15 is 0 Å². The lowest BCUT2D eigenvalue weighted by atomic mass is 10.1. The first-order chi connectivity index (χ1) is 7.71. The van der Waals surface area contributed by atoms with E-state index in [-0.39, 0.29) is 0 Å². The topological polar surface area (TPSA) is 45.0 Å². The molecule has 0 aliphatic heterocycles. The van der Waals surface area contributed by atoms with Crippen LogP contribution in [0.3, 0.4) is 0 Å². The van der Waals surface area contributed by atoms with Crippen LogP contribution in [-0.4, -0.2) is 25.2 Å². The minimum atomic E-state index is 0.328. The maximum absolute atomic E-state index is 8.99. The zero-order valence-electron chi connectivity index (χ0n) is 9.78. The van der Waals surface area contributed by atoms with Crippen LogP contribution in [-0.2, 0) is 0 Å². The standard InChI is InChI=1S/C12H16N2OS/c1-9(8-16-3)14-12-6-11(15-2)5-4-10(12)7-13/h4-6,9,14H,8H2,1-3H3. The molecule has 1 atom stereocenters. The summed E-state index contributed by atoms with van der Waals surface area (Å²) >= 11 is 1.78. The monoisotopic (exact) mass is 236 g/mol. The molecule has 1 N–H and O–H groups in total. The van der Waals surface area contributed by atoms with Crippen LogP contribution in [0, 0.1) is 11.3 Å². The van der Waals surface area contributed by atoms with Crippen molar-refractivity contribution in [1.82, 2.24) is 0 Å². The SMILES string of the molecule is COc1ccc(C#N)c(NC(C)CSC)c1. The first kappa shape index (κ1) is 12.7. The van der Waals surface area contributed by atoms with Gasteiger partial charge < -0.3 is 10.1 Å². The zero-order chi connectivity index (χ0) is 12.0. The number of nitrogens with one attached hydrogen (secondary N) is 1. The van der Waals surface area contributed by atoms with Gasteiger partial charge in [-0.1, -0.05) is 0 Å². The van der Waals surface area contributed by atoms with Gasteiger partial charge in [-0.3, -0.25) is 0 Å². The maximum Gasteiger partial charge on any atom is 0.121 e. The Morgan fingerprint density at radius 1 is 1.56 bits per heavy atom. The molecule has 0 radical (unpaired) electrons. The number of nitrogens with zero attached hydrogens (tertiary/aromatic N) is 1. The molecular weight excluding hydrogens is 220 g/mol. The van der Waals surface area contributed by atoms with Gasteiger partial charge in [-0.25, -0.2) is 0 Å². The highest BCUT2D eigenvalue weighted by atomic mass is 32.2. The van der Waals surface area contributed by atoms with Gasteiger partial charge in [0.15, 0.2) is 0 Å². The summed E-state index contributed by atoms with van der Waals surface area (Å²) in [4.78, 5) is 0. The number of ether oxygens (including phenoxy) is 1. The van der Waals surface area contributed by atoms with E-state index < -0.39 is 0 Å². The van der Waals surface area contributed by atoms with E-state index in [0.717, 1.165) is 17.2 Å². The van der Waals surface area contributed by atoms with Gasteiger partial charge in [0, 0.05) is 17.9 Å². The maximum atomic E-state index is 8.99. The van der Waals surface area contributed by atoms with Crippen molar-refractivity contribution >= 4 is 17.4 Å². The van der Waals surface area contributed by atoms with Crippen LogP contribution in [0.5, 0.6) is 5.75 Å². The average Bonchev–Trinajstić information content (AvgIpc) is 2.29. The van der Waals surface area contributed by atoms with Gasteiger partial charge in [-0.2, -0.15) is 17.0 Å². The highest BCUT2D eigenvalue weighted by Gasteiger charge is 2.07. The number of hydrogen-bond acceptors (Lipinski definition) is 4. The van der Waals surface area contributed by atoms with Crippen LogP contribution < -0.4 is 10.1 Å². The molecule has 0 heterocycles. The lowest BCUT2D eigenvalue weighted by Crippen LogP contribution is -2.18. The fourth-order valence-electron chi connectivity index (χ4n) is 1.42. The molecular formula is C12H16N2OS. The summed E-state index contributed by atoms with van der Waals surface area (Å²) in [6.45, 7) is 2.09. The highest BCUT2D eigenvalue weighted by Crippen LogP contribution is 2.22. The number of anilines is 1. The normalized spacial score (nSPS) is 11.6. The molecule has 0 aliphatic rings. The molecule has 1 aromatic carbocycles.